The normalized spacial score (nSPS) is 15.9. The largest absolute Gasteiger partial charge is 0.460 e. The summed E-state index contributed by atoms with van der Waals surface area (Å²) in [6.07, 6.45) is -13.7. The molecule has 1 N–H and O–H groups in total. The summed E-state index contributed by atoms with van der Waals surface area (Å²) in [7, 11) is 0. The maximum Gasteiger partial charge on any atom is 0.460 e. The van der Waals surface area contributed by atoms with E-state index in [4.69, 9.17) is 0 Å². The van der Waals surface area contributed by atoms with E-state index >= 15 is 0 Å². The molecule has 0 heterocycles. The van der Waals surface area contributed by atoms with Crippen LogP contribution >= 0.6 is 0 Å². The van der Waals surface area contributed by atoms with Crippen molar-refractivity contribution in [2.45, 2.75) is 74.0 Å². The Bertz CT molecular complexity index is 985. The predicted molar refractivity (Wildman–Crippen MR) is 100 cm³/mol. The van der Waals surface area contributed by atoms with Crippen LogP contribution in [0.25, 0.3) is 0 Å². The number of anilines is 1. The molecule has 0 aliphatic heterocycles. The summed E-state index contributed by atoms with van der Waals surface area (Å²) in [5, 5.41) is 9.87. The lowest BCUT2D eigenvalue weighted by molar-refractivity contribution is -0.462. The maximum atomic E-state index is 14.2. The van der Waals surface area contributed by atoms with Gasteiger partial charge in [0.25, 0.3) is 0 Å². The van der Waals surface area contributed by atoms with Gasteiger partial charge in [0.1, 0.15) is 0 Å². The lowest BCUT2D eigenvalue weighted by atomic mass is 9.87. The number of alkyl halides is 17. The summed E-state index contributed by atoms with van der Waals surface area (Å²) >= 11 is 0. The molecule has 1 atom stereocenters. The first kappa shape index (κ1) is 34.8. The third-order valence-corrected chi connectivity index (χ3v) is 5.62. The fourth-order valence-corrected chi connectivity index (χ4v) is 3.20. The molecule has 0 spiro atoms. The molecule has 19 heteroatoms. The third kappa shape index (κ3) is 5.30. The average molecular weight is 611 g/mol. The lowest BCUT2D eigenvalue weighted by Gasteiger charge is -2.43. The highest BCUT2D eigenvalue weighted by Gasteiger charge is 2.95. The van der Waals surface area contributed by atoms with Gasteiger partial charge < -0.3 is 10.0 Å². The van der Waals surface area contributed by atoms with Gasteiger partial charge in [0, 0.05) is 25.2 Å². The van der Waals surface area contributed by atoms with Crippen LogP contribution in [0.2, 0.25) is 0 Å². The highest BCUT2D eigenvalue weighted by Crippen LogP contribution is 2.64. The van der Waals surface area contributed by atoms with E-state index in [2.05, 4.69) is 0 Å². The molecule has 39 heavy (non-hydrogen) atoms. The van der Waals surface area contributed by atoms with E-state index in [0.717, 1.165) is 18.2 Å². The second-order valence-electron chi connectivity index (χ2n) is 8.14. The minimum absolute atomic E-state index is 0.149. The Labute approximate surface area is 208 Å². The van der Waals surface area contributed by atoms with Crippen LogP contribution in [0, 0.1) is 0 Å². The molecule has 0 aromatic heterocycles. The molecule has 0 aliphatic rings. The average Bonchev–Trinajstić information content (AvgIpc) is 2.78. The van der Waals surface area contributed by atoms with E-state index in [1.807, 2.05) is 0 Å². The number of rotatable bonds is 12. The van der Waals surface area contributed by atoms with Gasteiger partial charge >= 0.3 is 47.6 Å². The first-order valence-corrected chi connectivity index (χ1v) is 10.4. The third-order valence-electron chi connectivity index (χ3n) is 5.62. The van der Waals surface area contributed by atoms with Crippen LogP contribution < -0.4 is 4.90 Å². The molecular formula is C20H18F17NO. The second-order valence-corrected chi connectivity index (χ2v) is 8.14. The first-order valence-electron chi connectivity index (χ1n) is 10.4. The minimum atomic E-state index is -8.68. The van der Waals surface area contributed by atoms with E-state index < -0.39 is 65.7 Å². The number of hydrogen-bond acceptors (Lipinski definition) is 2. The molecule has 1 aromatic carbocycles. The molecule has 0 aliphatic carbocycles. The number of halogens is 17. The van der Waals surface area contributed by atoms with Crippen molar-refractivity contribution >= 4 is 5.69 Å². The highest BCUT2D eigenvalue weighted by molar-refractivity contribution is 5.49. The molecule has 0 bridgehead atoms. The van der Waals surface area contributed by atoms with Gasteiger partial charge in [0.05, 0.1) is 6.10 Å². The molecule has 1 unspecified atom stereocenters. The van der Waals surface area contributed by atoms with Crippen molar-refractivity contribution in [1.82, 2.24) is 0 Å². The monoisotopic (exact) mass is 611 g/mol. The standard InChI is InChI=1S/C20H18F17NO/c1-3-38(4-2)11-7-5-6-10(8-11)12(39)9-13(21,22)14(23,24)15(25,26)16(27,28)17(29,30)18(31,32)19(33,34)20(35,36)37/h5-8,12,39H,3-4,9H2,1-2H3. The van der Waals surface area contributed by atoms with Gasteiger partial charge in [-0.1, -0.05) is 12.1 Å². The van der Waals surface area contributed by atoms with Gasteiger partial charge in [0.15, 0.2) is 0 Å². The number of aliphatic hydroxyl groups is 1. The molecule has 1 aromatic rings. The van der Waals surface area contributed by atoms with E-state index in [0.29, 0.717) is 0 Å². The molecule has 228 valence electrons. The van der Waals surface area contributed by atoms with Gasteiger partial charge in [-0.05, 0) is 31.5 Å². The fraction of sp³-hybridized carbons (Fsp3) is 0.700. The van der Waals surface area contributed by atoms with Crippen molar-refractivity contribution in [2.24, 2.45) is 0 Å². The smallest absolute Gasteiger partial charge is 0.388 e. The number of nitrogens with zero attached hydrogens (tertiary/aromatic N) is 1. The topological polar surface area (TPSA) is 23.5 Å². The van der Waals surface area contributed by atoms with Gasteiger partial charge in [-0.15, -0.1) is 0 Å². The van der Waals surface area contributed by atoms with Crippen LogP contribution in [-0.4, -0.2) is 65.8 Å². The van der Waals surface area contributed by atoms with Crippen molar-refractivity contribution in [2.75, 3.05) is 18.0 Å². The van der Waals surface area contributed by atoms with Crippen LogP contribution in [0.3, 0.4) is 0 Å². The summed E-state index contributed by atoms with van der Waals surface area (Å²) in [5.74, 6) is -57.0. The first-order chi connectivity index (χ1) is 17.1. The summed E-state index contributed by atoms with van der Waals surface area (Å²) < 4.78 is 227. The zero-order valence-corrected chi connectivity index (χ0v) is 19.3. The number of hydrogen-bond donors (Lipinski definition) is 1. The predicted octanol–water partition coefficient (Wildman–Crippen LogP) is 7.97. The number of aliphatic hydroxyl groups excluding tert-OH is 1. The Kier molecular flexibility index (Phi) is 9.21. The Balaban J connectivity index is 3.52. The Hall–Kier alpha value is -2.21. The highest BCUT2D eigenvalue weighted by atomic mass is 19.4. The van der Waals surface area contributed by atoms with Crippen LogP contribution in [0.15, 0.2) is 24.3 Å². The zero-order valence-electron chi connectivity index (χ0n) is 19.3. The van der Waals surface area contributed by atoms with Gasteiger partial charge in [-0.2, -0.15) is 74.6 Å². The van der Waals surface area contributed by atoms with Crippen molar-refractivity contribution in [1.29, 1.82) is 0 Å². The van der Waals surface area contributed by atoms with Gasteiger partial charge in [0.2, 0.25) is 0 Å². The van der Waals surface area contributed by atoms with Crippen LogP contribution in [0.5, 0.6) is 0 Å². The van der Waals surface area contributed by atoms with Crippen LogP contribution in [0.1, 0.15) is 31.9 Å². The summed E-state index contributed by atoms with van der Waals surface area (Å²) in [6, 6.07) is 4.00. The molecule has 0 saturated carbocycles. The van der Waals surface area contributed by atoms with Crippen molar-refractivity contribution < 1.29 is 79.7 Å². The van der Waals surface area contributed by atoms with Crippen molar-refractivity contribution in [3.63, 3.8) is 0 Å². The van der Waals surface area contributed by atoms with Gasteiger partial charge in [-0.25, -0.2) is 0 Å². The molecule has 0 radical (unpaired) electrons. The Morgan fingerprint density at radius 2 is 1.00 bits per heavy atom. The zero-order chi connectivity index (χ0) is 31.3. The Morgan fingerprint density at radius 1 is 0.615 bits per heavy atom. The molecule has 1 rings (SSSR count). The van der Waals surface area contributed by atoms with Crippen LogP contribution in [-0.2, 0) is 0 Å². The van der Waals surface area contributed by atoms with E-state index in [1.165, 1.54) is 11.0 Å². The quantitative estimate of drug-likeness (QED) is 0.243. The lowest BCUT2D eigenvalue weighted by Crippen LogP contribution is -2.74. The molecule has 0 amide bonds. The van der Waals surface area contributed by atoms with Crippen LogP contribution in [0.4, 0.5) is 80.3 Å². The van der Waals surface area contributed by atoms with Crippen molar-refractivity contribution in [3.05, 3.63) is 29.8 Å². The summed E-state index contributed by atoms with van der Waals surface area (Å²) in [6.45, 7) is 3.70. The van der Waals surface area contributed by atoms with E-state index in [9.17, 15) is 79.7 Å². The molecular weight excluding hydrogens is 593 g/mol. The second kappa shape index (κ2) is 10.3. The summed E-state index contributed by atoms with van der Waals surface area (Å²) in [4.78, 5) is 1.50. The SMILES string of the molecule is CCN(CC)c1cccc(C(O)CC(F)(F)C(F)(F)C(F)(F)C(F)(F)C(F)(F)C(F)(F)C(F)(F)C(F)(F)F)c1. The maximum absolute atomic E-state index is 14.2. The minimum Gasteiger partial charge on any atom is -0.388 e. The van der Waals surface area contributed by atoms with E-state index in [1.54, 1.807) is 13.8 Å². The van der Waals surface area contributed by atoms with Gasteiger partial charge in [-0.3, -0.25) is 0 Å². The number of benzene rings is 1. The Morgan fingerprint density at radius 3 is 1.38 bits per heavy atom. The molecule has 2 nitrogen and oxygen atoms in total. The molecule has 0 fully saturated rings. The fourth-order valence-electron chi connectivity index (χ4n) is 3.20. The molecule has 0 saturated heterocycles. The van der Waals surface area contributed by atoms with E-state index in [-0.39, 0.29) is 18.8 Å². The van der Waals surface area contributed by atoms with Crippen molar-refractivity contribution in [3.8, 4) is 0 Å². The summed E-state index contributed by atoms with van der Waals surface area (Å²) in [5.41, 5.74) is -0.567.